The molecule has 6 nitrogen and oxygen atoms in total. The Morgan fingerprint density at radius 2 is 1.70 bits per heavy atom. The van der Waals surface area contributed by atoms with Gasteiger partial charge in [0.25, 0.3) is 0 Å². The number of nitrogens with two attached hydrogens (primary N) is 1. The van der Waals surface area contributed by atoms with Crippen LogP contribution in [0.25, 0.3) is 0 Å². The highest BCUT2D eigenvalue weighted by molar-refractivity contribution is 5.58. The van der Waals surface area contributed by atoms with Gasteiger partial charge in [-0.1, -0.05) is 0 Å². The first-order valence-corrected chi connectivity index (χ1v) is 7.01. The highest BCUT2D eigenvalue weighted by Gasteiger charge is 2.36. The van der Waals surface area contributed by atoms with Gasteiger partial charge in [-0.15, -0.1) is 0 Å². The van der Waals surface area contributed by atoms with Crippen molar-refractivity contribution in [1.82, 2.24) is 9.97 Å². The van der Waals surface area contributed by atoms with E-state index in [0.29, 0.717) is 11.7 Å². The Hall–Kier alpha value is -1.40. The van der Waals surface area contributed by atoms with E-state index in [0.717, 1.165) is 30.0 Å². The number of aliphatic hydroxyl groups is 1. The summed E-state index contributed by atoms with van der Waals surface area (Å²) in [4.78, 5) is 9.07. The Morgan fingerprint density at radius 1 is 1.15 bits per heavy atom. The lowest BCUT2D eigenvalue weighted by molar-refractivity contribution is 0.0238. The molecule has 0 aromatic carbocycles. The monoisotopic (exact) mass is 279 g/mol. The van der Waals surface area contributed by atoms with Crippen LogP contribution in [0, 0.1) is 6.92 Å². The first kappa shape index (κ1) is 15.0. The Labute approximate surface area is 120 Å². The molecular formula is C14H25N5O. The van der Waals surface area contributed by atoms with Crippen molar-refractivity contribution in [1.29, 1.82) is 0 Å². The van der Waals surface area contributed by atoms with Crippen LogP contribution < -0.4 is 16.6 Å². The molecular weight excluding hydrogens is 254 g/mol. The molecule has 20 heavy (non-hydrogen) atoms. The SMILES string of the molecule is Cc1c(NN)nc(C2CC2)nc1NC(C)(C)C(C)(C)O. The summed E-state index contributed by atoms with van der Waals surface area (Å²) in [5, 5.41) is 13.6. The van der Waals surface area contributed by atoms with Crippen LogP contribution in [0.3, 0.4) is 0 Å². The average molecular weight is 279 g/mol. The fraction of sp³-hybridized carbons (Fsp3) is 0.714. The minimum absolute atomic E-state index is 0.438. The second-order valence-electron chi connectivity index (χ2n) is 6.63. The van der Waals surface area contributed by atoms with Crippen LogP contribution in [0.1, 0.15) is 57.8 Å². The van der Waals surface area contributed by atoms with Crippen molar-refractivity contribution in [2.45, 2.75) is 64.5 Å². The van der Waals surface area contributed by atoms with Gasteiger partial charge in [-0.2, -0.15) is 0 Å². The molecule has 6 heteroatoms. The number of nitrogens with one attached hydrogen (secondary N) is 2. The Kier molecular flexibility index (Phi) is 3.64. The third kappa shape index (κ3) is 2.86. The van der Waals surface area contributed by atoms with Crippen molar-refractivity contribution < 1.29 is 5.11 Å². The minimum Gasteiger partial charge on any atom is -0.388 e. The molecule has 0 atom stereocenters. The average Bonchev–Trinajstić information content (AvgIpc) is 3.14. The van der Waals surface area contributed by atoms with Gasteiger partial charge in [0.15, 0.2) is 0 Å². The fourth-order valence-corrected chi connectivity index (χ4v) is 1.77. The molecule has 0 saturated heterocycles. The van der Waals surface area contributed by atoms with E-state index in [4.69, 9.17) is 5.84 Å². The molecule has 112 valence electrons. The maximum atomic E-state index is 10.3. The Bertz CT molecular complexity index is 503. The molecule has 1 heterocycles. The maximum absolute atomic E-state index is 10.3. The van der Waals surface area contributed by atoms with E-state index >= 15 is 0 Å². The summed E-state index contributed by atoms with van der Waals surface area (Å²) in [6.45, 7) is 9.36. The molecule has 1 aliphatic rings. The first-order chi connectivity index (χ1) is 9.15. The number of rotatable bonds is 5. The molecule has 0 radical (unpaired) electrons. The number of nitrogen functional groups attached to an aromatic ring is 1. The van der Waals surface area contributed by atoms with E-state index in [9.17, 15) is 5.11 Å². The summed E-state index contributed by atoms with van der Waals surface area (Å²) >= 11 is 0. The molecule has 0 amide bonds. The van der Waals surface area contributed by atoms with E-state index in [2.05, 4.69) is 20.7 Å². The maximum Gasteiger partial charge on any atom is 0.148 e. The van der Waals surface area contributed by atoms with Gasteiger partial charge in [0.05, 0.1) is 11.1 Å². The summed E-state index contributed by atoms with van der Waals surface area (Å²) < 4.78 is 0. The van der Waals surface area contributed by atoms with Crippen molar-refractivity contribution in [2.24, 2.45) is 5.84 Å². The zero-order valence-corrected chi connectivity index (χ0v) is 12.9. The van der Waals surface area contributed by atoms with Gasteiger partial charge in [0.2, 0.25) is 0 Å². The summed E-state index contributed by atoms with van der Waals surface area (Å²) in [5.41, 5.74) is 2.07. The number of aromatic nitrogens is 2. The van der Waals surface area contributed by atoms with Crippen LogP contribution in [-0.4, -0.2) is 26.2 Å². The molecule has 5 N–H and O–H groups in total. The van der Waals surface area contributed by atoms with Gasteiger partial charge in [-0.3, -0.25) is 0 Å². The topological polar surface area (TPSA) is 96.1 Å². The van der Waals surface area contributed by atoms with E-state index in [-0.39, 0.29) is 0 Å². The van der Waals surface area contributed by atoms with Crippen molar-refractivity contribution in [3.63, 3.8) is 0 Å². The van der Waals surface area contributed by atoms with E-state index < -0.39 is 11.1 Å². The standard InChI is InChI=1S/C14H25N5O/c1-8-10(18-13(2,3)14(4,5)20)16-12(9-6-7-9)17-11(8)19-15/h9,20H,6-7,15H2,1-5H3,(H2,16,17,18,19). The molecule has 2 rings (SSSR count). The van der Waals surface area contributed by atoms with E-state index in [1.807, 2.05) is 20.8 Å². The smallest absolute Gasteiger partial charge is 0.148 e. The quantitative estimate of drug-likeness (QED) is 0.486. The number of hydrazine groups is 1. The lowest BCUT2D eigenvalue weighted by Crippen LogP contribution is -2.51. The zero-order valence-electron chi connectivity index (χ0n) is 12.9. The van der Waals surface area contributed by atoms with Gasteiger partial charge < -0.3 is 15.8 Å². The molecule has 0 unspecified atom stereocenters. The molecule has 1 aliphatic carbocycles. The predicted molar refractivity (Wildman–Crippen MR) is 80.6 cm³/mol. The minimum atomic E-state index is -0.888. The number of hydrogen-bond acceptors (Lipinski definition) is 6. The summed E-state index contributed by atoms with van der Waals surface area (Å²) in [7, 11) is 0. The van der Waals surface area contributed by atoms with Crippen LogP contribution in [0.15, 0.2) is 0 Å². The second kappa shape index (κ2) is 4.86. The van der Waals surface area contributed by atoms with Crippen molar-refractivity contribution in [2.75, 3.05) is 10.7 Å². The number of hydrogen-bond donors (Lipinski definition) is 4. The van der Waals surface area contributed by atoms with Gasteiger partial charge in [-0.05, 0) is 47.5 Å². The van der Waals surface area contributed by atoms with Gasteiger partial charge in [-0.25, -0.2) is 15.8 Å². The molecule has 0 aliphatic heterocycles. The van der Waals surface area contributed by atoms with Crippen molar-refractivity contribution in [3.05, 3.63) is 11.4 Å². The van der Waals surface area contributed by atoms with Gasteiger partial charge in [0, 0.05) is 11.5 Å². The highest BCUT2D eigenvalue weighted by Crippen LogP contribution is 2.40. The van der Waals surface area contributed by atoms with E-state index in [1.165, 1.54) is 0 Å². The highest BCUT2D eigenvalue weighted by atomic mass is 16.3. The lowest BCUT2D eigenvalue weighted by atomic mass is 9.86. The second-order valence-corrected chi connectivity index (χ2v) is 6.63. The van der Waals surface area contributed by atoms with Crippen LogP contribution in [0.4, 0.5) is 11.6 Å². The largest absolute Gasteiger partial charge is 0.388 e. The predicted octanol–water partition coefficient (Wildman–Crippen LogP) is 1.91. The van der Waals surface area contributed by atoms with Crippen LogP contribution in [0.2, 0.25) is 0 Å². The number of anilines is 2. The van der Waals surface area contributed by atoms with Gasteiger partial charge in [0.1, 0.15) is 17.5 Å². The summed E-state index contributed by atoms with van der Waals surface area (Å²) in [6.07, 6.45) is 2.25. The first-order valence-electron chi connectivity index (χ1n) is 7.01. The lowest BCUT2D eigenvalue weighted by Gasteiger charge is -2.39. The fourth-order valence-electron chi connectivity index (χ4n) is 1.77. The summed E-state index contributed by atoms with van der Waals surface area (Å²) in [6, 6.07) is 0. The Balaban J connectivity index is 2.37. The van der Waals surface area contributed by atoms with Crippen LogP contribution in [-0.2, 0) is 0 Å². The van der Waals surface area contributed by atoms with Gasteiger partial charge >= 0.3 is 0 Å². The van der Waals surface area contributed by atoms with Crippen LogP contribution >= 0.6 is 0 Å². The molecule has 1 fully saturated rings. The normalized spacial score (nSPS) is 16.1. The van der Waals surface area contributed by atoms with Crippen LogP contribution in [0.5, 0.6) is 0 Å². The molecule has 0 bridgehead atoms. The molecule has 0 spiro atoms. The third-order valence-corrected chi connectivity index (χ3v) is 4.20. The van der Waals surface area contributed by atoms with Crippen molar-refractivity contribution in [3.8, 4) is 0 Å². The van der Waals surface area contributed by atoms with E-state index in [1.54, 1.807) is 13.8 Å². The molecule has 1 aromatic rings. The summed E-state index contributed by atoms with van der Waals surface area (Å²) in [5.74, 6) is 8.16. The molecule has 1 aromatic heterocycles. The molecule has 1 saturated carbocycles. The number of nitrogens with zero attached hydrogens (tertiary/aromatic N) is 2. The zero-order chi connectivity index (χ0) is 15.1. The Morgan fingerprint density at radius 3 is 2.15 bits per heavy atom. The third-order valence-electron chi connectivity index (χ3n) is 4.20. The van der Waals surface area contributed by atoms with Crippen molar-refractivity contribution >= 4 is 11.6 Å².